The molecule has 100 valence electrons. The predicted octanol–water partition coefficient (Wildman–Crippen LogP) is 0.391. The summed E-state index contributed by atoms with van der Waals surface area (Å²) < 4.78 is 5.49. The minimum Gasteiger partial charge on any atom is -0.379 e. The van der Waals surface area contributed by atoms with Crippen molar-refractivity contribution in [2.24, 2.45) is 0 Å². The number of rotatable bonds is 4. The molecule has 2 atom stereocenters. The fourth-order valence-electron chi connectivity index (χ4n) is 2.89. The number of piperazine rings is 1. The molecule has 4 heteroatoms. The molecule has 2 aliphatic rings. The summed E-state index contributed by atoms with van der Waals surface area (Å²) >= 11 is 0. The van der Waals surface area contributed by atoms with Crippen LogP contribution in [-0.4, -0.2) is 74.4 Å². The predicted molar refractivity (Wildman–Crippen MR) is 70.4 cm³/mol. The van der Waals surface area contributed by atoms with Crippen LogP contribution in [0.25, 0.3) is 0 Å². The van der Waals surface area contributed by atoms with Crippen molar-refractivity contribution >= 4 is 0 Å². The van der Waals surface area contributed by atoms with E-state index in [1.165, 1.54) is 39.1 Å². The number of ether oxygens (including phenoxy) is 1. The molecule has 0 aromatic rings. The molecule has 4 nitrogen and oxygen atoms in total. The summed E-state index contributed by atoms with van der Waals surface area (Å²) in [5.41, 5.74) is 0. The molecule has 0 aromatic heterocycles. The van der Waals surface area contributed by atoms with Gasteiger partial charge in [-0.1, -0.05) is 6.92 Å². The summed E-state index contributed by atoms with van der Waals surface area (Å²) in [5.74, 6) is 0. The van der Waals surface area contributed by atoms with Crippen LogP contribution < -0.4 is 5.32 Å². The molecule has 2 rings (SSSR count). The highest BCUT2D eigenvalue weighted by atomic mass is 16.5. The molecule has 2 heterocycles. The fourth-order valence-corrected chi connectivity index (χ4v) is 2.89. The Morgan fingerprint density at radius 2 is 2.24 bits per heavy atom. The van der Waals surface area contributed by atoms with Crippen molar-refractivity contribution in [3.63, 3.8) is 0 Å². The SMILES string of the molecule is CCN1CCN(CCC2COCCN2)CC1C. The van der Waals surface area contributed by atoms with Gasteiger partial charge in [-0.3, -0.25) is 4.90 Å². The van der Waals surface area contributed by atoms with Crippen LogP contribution in [0.1, 0.15) is 20.3 Å². The summed E-state index contributed by atoms with van der Waals surface area (Å²) in [6.07, 6.45) is 1.22. The van der Waals surface area contributed by atoms with E-state index in [0.717, 1.165) is 19.8 Å². The molecule has 0 spiro atoms. The van der Waals surface area contributed by atoms with Gasteiger partial charge in [-0.15, -0.1) is 0 Å². The molecule has 2 aliphatic heterocycles. The third-order valence-corrected chi connectivity index (χ3v) is 4.05. The average molecular weight is 241 g/mol. The zero-order chi connectivity index (χ0) is 12.1. The van der Waals surface area contributed by atoms with Crippen LogP contribution in [0.2, 0.25) is 0 Å². The maximum absolute atomic E-state index is 5.49. The monoisotopic (exact) mass is 241 g/mol. The highest BCUT2D eigenvalue weighted by Gasteiger charge is 2.23. The minimum absolute atomic E-state index is 0.572. The molecule has 2 unspecified atom stereocenters. The lowest BCUT2D eigenvalue weighted by molar-refractivity contribution is 0.0570. The van der Waals surface area contributed by atoms with E-state index in [1.807, 2.05) is 0 Å². The van der Waals surface area contributed by atoms with Crippen LogP contribution in [0.15, 0.2) is 0 Å². The normalized spacial score (nSPS) is 32.8. The Bertz CT molecular complexity index is 219. The summed E-state index contributed by atoms with van der Waals surface area (Å²) in [5, 5.41) is 3.53. The summed E-state index contributed by atoms with van der Waals surface area (Å²) in [7, 11) is 0. The third-order valence-electron chi connectivity index (χ3n) is 4.05. The van der Waals surface area contributed by atoms with Crippen LogP contribution in [0.3, 0.4) is 0 Å². The molecule has 0 aromatic carbocycles. The van der Waals surface area contributed by atoms with E-state index in [0.29, 0.717) is 12.1 Å². The molecule has 2 fully saturated rings. The van der Waals surface area contributed by atoms with Gasteiger partial charge < -0.3 is 15.0 Å². The lowest BCUT2D eigenvalue weighted by Gasteiger charge is -2.40. The van der Waals surface area contributed by atoms with Gasteiger partial charge in [0.2, 0.25) is 0 Å². The first-order chi connectivity index (χ1) is 8.29. The van der Waals surface area contributed by atoms with E-state index in [9.17, 15) is 0 Å². The second-order valence-electron chi connectivity index (χ2n) is 5.29. The number of nitrogens with one attached hydrogen (secondary N) is 1. The molecule has 0 bridgehead atoms. The quantitative estimate of drug-likeness (QED) is 0.771. The molecule has 17 heavy (non-hydrogen) atoms. The standard InChI is InChI=1S/C13H27N3O/c1-3-16-8-7-15(10-12(16)2)6-4-13-11-17-9-5-14-13/h12-14H,3-11H2,1-2H3. The van der Waals surface area contributed by atoms with E-state index in [2.05, 4.69) is 29.0 Å². The number of morpholine rings is 1. The second kappa shape index (κ2) is 6.69. The summed E-state index contributed by atoms with van der Waals surface area (Å²) in [6.45, 7) is 13.5. The molecule has 0 aliphatic carbocycles. The van der Waals surface area contributed by atoms with Gasteiger partial charge in [0.25, 0.3) is 0 Å². The lowest BCUT2D eigenvalue weighted by Crippen LogP contribution is -2.52. The van der Waals surface area contributed by atoms with Crippen LogP contribution >= 0.6 is 0 Å². The molecular formula is C13H27N3O. The Balaban J connectivity index is 1.66. The van der Waals surface area contributed by atoms with Crippen LogP contribution in [0.5, 0.6) is 0 Å². The molecule has 2 saturated heterocycles. The fraction of sp³-hybridized carbons (Fsp3) is 1.00. The molecule has 1 N–H and O–H groups in total. The minimum atomic E-state index is 0.572. The highest BCUT2D eigenvalue weighted by molar-refractivity contribution is 4.80. The zero-order valence-corrected chi connectivity index (χ0v) is 11.3. The molecule has 0 radical (unpaired) electrons. The van der Waals surface area contributed by atoms with Crippen molar-refractivity contribution in [3.05, 3.63) is 0 Å². The van der Waals surface area contributed by atoms with Gasteiger partial charge in [-0.05, 0) is 26.4 Å². The maximum Gasteiger partial charge on any atom is 0.0620 e. The first-order valence-corrected chi connectivity index (χ1v) is 7.07. The van der Waals surface area contributed by atoms with Gasteiger partial charge in [-0.2, -0.15) is 0 Å². The maximum atomic E-state index is 5.49. The van der Waals surface area contributed by atoms with Crippen LogP contribution in [-0.2, 0) is 4.74 Å². The Morgan fingerprint density at radius 3 is 2.88 bits per heavy atom. The molecule has 0 amide bonds. The van der Waals surface area contributed by atoms with E-state index >= 15 is 0 Å². The van der Waals surface area contributed by atoms with Gasteiger partial charge in [0.05, 0.1) is 13.2 Å². The van der Waals surface area contributed by atoms with Crippen molar-refractivity contribution in [1.82, 2.24) is 15.1 Å². The Kier molecular flexibility index (Phi) is 5.22. The number of likely N-dealkylation sites (N-methyl/N-ethyl adjacent to an activating group) is 1. The Labute approximate surface area is 105 Å². The highest BCUT2D eigenvalue weighted by Crippen LogP contribution is 2.10. The molecular weight excluding hydrogens is 214 g/mol. The van der Waals surface area contributed by atoms with E-state index in [4.69, 9.17) is 4.74 Å². The van der Waals surface area contributed by atoms with Crippen molar-refractivity contribution in [2.75, 3.05) is 52.5 Å². The second-order valence-corrected chi connectivity index (χ2v) is 5.29. The van der Waals surface area contributed by atoms with E-state index in [1.54, 1.807) is 0 Å². The van der Waals surface area contributed by atoms with Crippen molar-refractivity contribution in [1.29, 1.82) is 0 Å². The topological polar surface area (TPSA) is 27.7 Å². The van der Waals surface area contributed by atoms with Gasteiger partial charge in [0.15, 0.2) is 0 Å². The summed E-state index contributed by atoms with van der Waals surface area (Å²) in [4.78, 5) is 5.17. The smallest absolute Gasteiger partial charge is 0.0620 e. The number of hydrogen-bond donors (Lipinski definition) is 1. The molecule has 0 saturated carbocycles. The lowest BCUT2D eigenvalue weighted by atomic mass is 10.1. The van der Waals surface area contributed by atoms with Crippen LogP contribution in [0.4, 0.5) is 0 Å². The Morgan fingerprint density at radius 1 is 1.35 bits per heavy atom. The largest absolute Gasteiger partial charge is 0.379 e. The first kappa shape index (κ1) is 13.3. The van der Waals surface area contributed by atoms with Gasteiger partial charge >= 0.3 is 0 Å². The van der Waals surface area contributed by atoms with E-state index in [-0.39, 0.29) is 0 Å². The van der Waals surface area contributed by atoms with Gasteiger partial charge in [-0.25, -0.2) is 0 Å². The van der Waals surface area contributed by atoms with E-state index < -0.39 is 0 Å². The first-order valence-electron chi connectivity index (χ1n) is 7.07. The van der Waals surface area contributed by atoms with Crippen molar-refractivity contribution < 1.29 is 4.74 Å². The van der Waals surface area contributed by atoms with Crippen LogP contribution in [0, 0.1) is 0 Å². The van der Waals surface area contributed by atoms with Gasteiger partial charge in [0.1, 0.15) is 0 Å². The third kappa shape index (κ3) is 3.91. The number of nitrogens with zero attached hydrogens (tertiary/aromatic N) is 2. The average Bonchev–Trinajstić information content (AvgIpc) is 2.38. The van der Waals surface area contributed by atoms with Crippen molar-refractivity contribution in [3.8, 4) is 0 Å². The summed E-state index contributed by atoms with van der Waals surface area (Å²) in [6, 6.07) is 1.28. The van der Waals surface area contributed by atoms with Gasteiger partial charge in [0, 0.05) is 38.3 Å². The zero-order valence-electron chi connectivity index (χ0n) is 11.3. The number of hydrogen-bond acceptors (Lipinski definition) is 4. The Hall–Kier alpha value is -0.160. The van der Waals surface area contributed by atoms with Crippen molar-refractivity contribution in [2.45, 2.75) is 32.4 Å².